The fourth-order valence-corrected chi connectivity index (χ4v) is 4.69. The van der Waals surface area contributed by atoms with Crippen LogP contribution in [0.3, 0.4) is 0 Å². The highest BCUT2D eigenvalue weighted by molar-refractivity contribution is 6.31. The molecule has 3 rings (SSSR count). The fraction of sp³-hybridized carbons (Fsp3) is 0.636. The Bertz CT molecular complexity index is 525. The van der Waals surface area contributed by atoms with Crippen molar-refractivity contribution >= 4 is 17.7 Å². The molecule has 0 saturated heterocycles. The third-order valence-corrected chi connectivity index (χ3v) is 6.13. The van der Waals surface area contributed by atoms with Crippen LogP contribution in [-0.4, -0.2) is 13.1 Å². The predicted octanol–water partition coefficient (Wildman–Crippen LogP) is 6.57. The molecule has 24 heavy (non-hydrogen) atoms. The Morgan fingerprint density at radius 2 is 1.67 bits per heavy atom. The molecule has 0 amide bonds. The Balaban J connectivity index is 1.45. The Morgan fingerprint density at radius 1 is 0.958 bits per heavy atom. The molecule has 1 aromatic carbocycles. The van der Waals surface area contributed by atoms with Gasteiger partial charge in [0.2, 0.25) is 0 Å². The average molecular weight is 346 g/mol. The molecule has 132 valence electrons. The number of hydrogen-bond donors (Lipinski definition) is 1. The van der Waals surface area contributed by atoms with E-state index < -0.39 is 0 Å². The Hall–Kier alpha value is -0.790. The second kappa shape index (κ2) is 9.63. The van der Waals surface area contributed by atoms with Gasteiger partial charge in [0, 0.05) is 11.6 Å². The maximum absolute atomic E-state index is 6.55. The second-order valence-corrected chi connectivity index (χ2v) is 8.09. The van der Waals surface area contributed by atoms with Gasteiger partial charge < -0.3 is 5.32 Å². The first-order valence-electron chi connectivity index (χ1n) is 9.99. The fourth-order valence-electron chi connectivity index (χ4n) is 4.35. The minimum atomic E-state index is 0.682. The van der Waals surface area contributed by atoms with Crippen LogP contribution in [0, 0.1) is 5.92 Å². The lowest BCUT2D eigenvalue weighted by atomic mass is 9.84. The molecule has 2 aliphatic rings. The lowest BCUT2D eigenvalue weighted by molar-refractivity contribution is 0.347. The van der Waals surface area contributed by atoms with Crippen molar-refractivity contribution < 1.29 is 0 Å². The van der Waals surface area contributed by atoms with E-state index in [4.69, 9.17) is 11.6 Å². The summed E-state index contributed by atoms with van der Waals surface area (Å²) in [6, 6.07) is 6.63. The van der Waals surface area contributed by atoms with E-state index in [0.29, 0.717) is 5.92 Å². The molecule has 0 bridgehead atoms. The molecule has 2 heteroatoms. The van der Waals surface area contributed by atoms with Gasteiger partial charge in [-0.3, -0.25) is 0 Å². The van der Waals surface area contributed by atoms with Crippen LogP contribution < -0.4 is 5.32 Å². The van der Waals surface area contributed by atoms with Gasteiger partial charge in [-0.05, 0) is 61.3 Å². The van der Waals surface area contributed by atoms with Crippen LogP contribution in [0.5, 0.6) is 0 Å². The SMILES string of the molecule is Clc1cc(C=CCNCC2CCCCC2)ccc1C1CCCCC1. The minimum absolute atomic E-state index is 0.682. The van der Waals surface area contributed by atoms with Gasteiger partial charge in [-0.2, -0.15) is 0 Å². The zero-order chi connectivity index (χ0) is 16.6. The van der Waals surface area contributed by atoms with Crippen molar-refractivity contribution in [1.82, 2.24) is 5.32 Å². The molecule has 0 aliphatic heterocycles. The highest BCUT2D eigenvalue weighted by Gasteiger charge is 2.17. The van der Waals surface area contributed by atoms with Crippen molar-refractivity contribution in [2.45, 2.75) is 70.1 Å². The molecule has 0 aromatic heterocycles. The summed E-state index contributed by atoms with van der Waals surface area (Å²) in [6.45, 7) is 2.13. The van der Waals surface area contributed by atoms with Gasteiger partial charge in [-0.25, -0.2) is 0 Å². The van der Waals surface area contributed by atoms with E-state index in [1.165, 1.54) is 81.9 Å². The monoisotopic (exact) mass is 345 g/mol. The Kier molecular flexibility index (Phi) is 7.23. The largest absolute Gasteiger partial charge is 0.313 e. The summed E-state index contributed by atoms with van der Waals surface area (Å²) >= 11 is 6.55. The summed E-state index contributed by atoms with van der Waals surface area (Å²) in [5.74, 6) is 1.58. The van der Waals surface area contributed by atoms with Crippen LogP contribution in [-0.2, 0) is 0 Å². The topological polar surface area (TPSA) is 12.0 Å². The van der Waals surface area contributed by atoms with Crippen LogP contribution in [0.2, 0.25) is 5.02 Å². The molecule has 2 saturated carbocycles. The first-order valence-corrected chi connectivity index (χ1v) is 10.4. The maximum Gasteiger partial charge on any atom is 0.0446 e. The second-order valence-electron chi connectivity index (χ2n) is 7.68. The number of hydrogen-bond acceptors (Lipinski definition) is 1. The molecule has 1 aromatic rings. The van der Waals surface area contributed by atoms with Crippen LogP contribution in [0.15, 0.2) is 24.3 Å². The summed E-state index contributed by atoms with van der Waals surface area (Å²) < 4.78 is 0. The molecule has 0 atom stereocenters. The molecule has 2 fully saturated rings. The quantitative estimate of drug-likeness (QED) is 0.575. The summed E-state index contributed by atoms with van der Waals surface area (Å²) in [5, 5.41) is 4.54. The average Bonchev–Trinajstić information content (AvgIpc) is 2.63. The Morgan fingerprint density at radius 3 is 2.38 bits per heavy atom. The smallest absolute Gasteiger partial charge is 0.0446 e. The van der Waals surface area contributed by atoms with E-state index in [1.807, 2.05) is 0 Å². The summed E-state index contributed by atoms with van der Waals surface area (Å²) in [4.78, 5) is 0. The summed E-state index contributed by atoms with van der Waals surface area (Å²) in [6.07, 6.45) is 18.3. The van der Waals surface area contributed by atoms with Crippen molar-refractivity contribution in [2.24, 2.45) is 5.92 Å². The van der Waals surface area contributed by atoms with Gasteiger partial charge in [-0.1, -0.05) is 74.4 Å². The first kappa shape index (κ1) is 18.0. The van der Waals surface area contributed by atoms with Gasteiger partial charge >= 0.3 is 0 Å². The van der Waals surface area contributed by atoms with Crippen molar-refractivity contribution in [3.8, 4) is 0 Å². The summed E-state index contributed by atoms with van der Waals surface area (Å²) in [7, 11) is 0. The highest BCUT2D eigenvalue weighted by atomic mass is 35.5. The zero-order valence-corrected chi connectivity index (χ0v) is 15.7. The lowest BCUT2D eigenvalue weighted by Crippen LogP contribution is -2.24. The standard InChI is InChI=1S/C22H32ClN/c23-22-16-18(13-14-21(22)20-11-5-2-6-12-20)10-7-15-24-17-19-8-3-1-4-9-19/h7,10,13-14,16,19-20,24H,1-6,8-9,11-12,15,17H2. The molecule has 2 aliphatic carbocycles. The van der Waals surface area contributed by atoms with Crippen molar-refractivity contribution in [2.75, 3.05) is 13.1 Å². The van der Waals surface area contributed by atoms with E-state index >= 15 is 0 Å². The maximum atomic E-state index is 6.55. The molecule has 1 nitrogen and oxygen atoms in total. The lowest BCUT2D eigenvalue weighted by Gasteiger charge is -2.23. The third kappa shape index (κ3) is 5.36. The molecule has 1 N–H and O–H groups in total. The van der Waals surface area contributed by atoms with Crippen molar-refractivity contribution in [3.63, 3.8) is 0 Å². The molecular formula is C22H32ClN. The third-order valence-electron chi connectivity index (χ3n) is 5.80. The van der Waals surface area contributed by atoms with Crippen LogP contribution >= 0.6 is 11.6 Å². The van der Waals surface area contributed by atoms with E-state index in [-0.39, 0.29) is 0 Å². The number of halogens is 1. The first-order chi connectivity index (χ1) is 11.8. The van der Waals surface area contributed by atoms with Crippen LogP contribution in [0.4, 0.5) is 0 Å². The molecule has 0 radical (unpaired) electrons. The van der Waals surface area contributed by atoms with Gasteiger partial charge in [0.25, 0.3) is 0 Å². The number of nitrogens with one attached hydrogen (secondary N) is 1. The van der Waals surface area contributed by atoms with Gasteiger partial charge in [0.1, 0.15) is 0 Å². The van der Waals surface area contributed by atoms with E-state index in [1.54, 1.807) is 0 Å². The molecule has 0 heterocycles. The van der Waals surface area contributed by atoms with Gasteiger partial charge in [-0.15, -0.1) is 0 Å². The Labute approximate surface area is 152 Å². The van der Waals surface area contributed by atoms with Crippen molar-refractivity contribution in [3.05, 3.63) is 40.4 Å². The van der Waals surface area contributed by atoms with E-state index in [0.717, 1.165) is 17.5 Å². The zero-order valence-electron chi connectivity index (χ0n) is 14.9. The molecular weight excluding hydrogens is 314 g/mol. The molecule has 0 unspecified atom stereocenters. The van der Waals surface area contributed by atoms with Crippen LogP contribution in [0.25, 0.3) is 6.08 Å². The molecule has 0 spiro atoms. The highest BCUT2D eigenvalue weighted by Crippen LogP contribution is 2.36. The summed E-state index contributed by atoms with van der Waals surface area (Å²) in [5.41, 5.74) is 2.59. The van der Waals surface area contributed by atoms with E-state index in [2.05, 4.69) is 35.7 Å². The normalized spacial score (nSPS) is 20.7. The van der Waals surface area contributed by atoms with Gasteiger partial charge in [0.15, 0.2) is 0 Å². The number of rotatable bonds is 6. The number of benzene rings is 1. The van der Waals surface area contributed by atoms with Crippen LogP contribution in [0.1, 0.15) is 81.3 Å². The minimum Gasteiger partial charge on any atom is -0.313 e. The van der Waals surface area contributed by atoms with Crippen molar-refractivity contribution in [1.29, 1.82) is 0 Å². The van der Waals surface area contributed by atoms with Gasteiger partial charge in [0.05, 0.1) is 0 Å². The van der Waals surface area contributed by atoms with E-state index in [9.17, 15) is 0 Å². The predicted molar refractivity (Wildman–Crippen MR) is 106 cm³/mol.